The minimum Gasteiger partial charge on any atom is -0.349 e. The second kappa shape index (κ2) is 5.63. The molecule has 1 heterocycles. The maximum absolute atomic E-state index is 12.0. The Morgan fingerprint density at radius 3 is 2.88 bits per heavy atom. The molecule has 0 radical (unpaired) electrons. The molecule has 0 spiro atoms. The molecule has 1 aliphatic rings. The maximum Gasteiger partial charge on any atom is 0.253 e. The summed E-state index contributed by atoms with van der Waals surface area (Å²) in [5.41, 5.74) is 0.627. The molecule has 0 aliphatic heterocycles. The van der Waals surface area contributed by atoms with Crippen LogP contribution in [0.5, 0.6) is 0 Å². The van der Waals surface area contributed by atoms with E-state index < -0.39 is 0 Å². The van der Waals surface area contributed by atoms with E-state index in [1.807, 2.05) is 0 Å². The number of hydrogen-bond donors (Lipinski definition) is 1. The molecule has 1 N–H and O–H groups in total. The van der Waals surface area contributed by atoms with Crippen LogP contribution in [0.25, 0.3) is 0 Å². The number of carbonyl (C=O) groups excluding carboxylic acids is 1. The summed E-state index contributed by atoms with van der Waals surface area (Å²) in [5.74, 6) is 0.820. The van der Waals surface area contributed by atoms with Gasteiger partial charge in [-0.25, -0.2) is 4.98 Å². The number of hydrogen-bond acceptors (Lipinski definition) is 2. The lowest BCUT2D eigenvalue weighted by Gasteiger charge is -2.16. The molecule has 1 unspecified atom stereocenters. The van der Waals surface area contributed by atoms with E-state index >= 15 is 0 Å². The standard InChI is InChI=1S/C13H17BrN2O/c1-2-11(7-9-3-4-9)16-13(17)10-5-6-12(14)15-8-10/h5-6,8-9,11H,2-4,7H2,1H3,(H,16,17). The van der Waals surface area contributed by atoms with Crippen LogP contribution in [-0.2, 0) is 0 Å². The van der Waals surface area contributed by atoms with E-state index in [1.54, 1.807) is 18.3 Å². The molecule has 1 aliphatic carbocycles. The highest BCUT2D eigenvalue weighted by Gasteiger charge is 2.25. The summed E-state index contributed by atoms with van der Waals surface area (Å²) in [4.78, 5) is 16.0. The van der Waals surface area contributed by atoms with Crippen molar-refractivity contribution in [3.8, 4) is 0 Å². The Hall–Kier alpha value is -0.900. The maximum atomic E-state index is 12.0. The summed E-state index contributed by atoms with van der Waals surface area (Å²) >= 11 is 3.26. The van der Waals surface area contributed by atoms with Crippen molar-refractivity contribution in [1.82, 2.24) is 10.3 Å². The Morgan fingerprint density at radius 1 is 1.59 bits per heavy atom. The zero-order valence-electron chi connectivity index (χ0n) is 9.95. The van der Waals surface area contributed by atoms with E-state index in [-0.39, 0.29) is 5.91 Å². The number of nitrogens with one attached hydrogen (secondary N) is 1. The van der Waals surface area contributed by atoms with Gasteiger partial charge >= 0.3 is 0 Å². The summed E-state index contributed by atoms with van der Waals surface area (Å²) < 4.78 is 0.749. The summed E-state index contributed by atoms with van der Waals surface area (Å²) in [6.45, 7) is 2.12. The highest BCUT2D eigenvalue weighted by atomic mass is 79.9. The molecule has 92 valence electrons. The highest BCUT2D eigenvalue weighted by Crippen LogP contribution is 2.34. The molecule has 0 aromatic carbocycles. The summed E-state index contributed by atoms with van der Waals surface area (Å²) in [7, 11) is 0. The molecule has 4 heteroatoms. The average molecular weight is 297 g/mol. The summed E-state index contributed by atoms with van der Waals surface area (Å²) in [5, 5.41) is 3.08. The van der Waals surface area contributed by atoms with Crippen LogP contribution < -0.4 is 5.32 Å². The van der Waals surface area contributed by atoms with Gasteiger partial charge in [0.25, 0.3) is 5.91 Å². The minimum atomic E-state index is -0.0162. The first-order chi connectivity index (χ1) is 8.19. The third kappa shape index (κ3) is 3.80. The van der Waals surface area contributed by atoms with Crippen LogP contribution in [-0.4, -0.2) is 16.9 Å². The van der Waals surface area contributed by atoms with Crippen molar-refractivity contribution in [2.45, 2.75) is 38.6 Å². The van der Waals surface area contributed by atoms with Gasteiger partial charge in [-0.1, -0.05) is 19.8 Å². The van der Waals surface area contributed by atoms with E-state index in [0.29, 0.717) is 11.6 Å². The van der Waals surface area contributed by atoms with E-state index in [2.05, 4.69) is 33.2 Å². The third-order valence-corrected chi connectivity index (χ3v) is 3.60. The fourth-order valence-corrected chi connectivity index (χ4v) is 2.10. The second-order valence-electron chi connectivity index (χ2n) is 4.63. The number of halogens is 1. The van der Waals surface area contributed by atoms with Gasteiger partial charge < -0.3 is 5.32 Å². The molecule has 1 aromatic rings. The molecule has 1 amide bonds. The smallest absolute Gasteiger partial charge is 0.253 e. The van der Waals surface area contributed by atoms with Gasteiger partial charge in [0.2, 0.25) is 0 Å². The number of rotatable bonds is 5. The van der Waals surface area contributed by atoms with E-state index in [4.69, 9.17) is 0 Å². The average Bonchev–Trinajstić information content (AvgIpc) is 3.13. The van der Waals surface area contributed by atoms with Crippen LogP contribution >= 0.6 is 15.9 Å². The Kier molecular flexibility index (Phi) is 4.15. The first kappa shape index (κ1) is 12.6. The monoisotopic (exact) mass is 296 g/mol. The minimum absolute atomic E-state index is 0.0162. The van der Waals surface area contributed by atoms with Crippen molar-refractivity contribution in [2.75, 3.05) is 0 Å². The van der Waals surface area contributed by atoms with Crippen LogP contribution in [0.3, 0.4) is 0 Å². The van der Waals surface area contributed by atoms with Gasteiger partial charge in [-0.3, -0.25) is 4.79 Å². The quantitative estimate of drug-likeness (QED) is 0.848. The molecule has 2 rings (SSSR count). The molecule has 1 aromatic heterocycles. The number of aromatic nitrogens is 1. The van der Waals surface area contributed by atoms with Crippen LogP contribution in [0.1, 0.15) is 43.0 Å². The number of nitrogens with zero attached hydrogens (tertiary/aromatic N) is 1. The van der Waals surface area contributed by atoms with Gasteiger partial charge in [-0.05, 0) is 46.8 Å². The van der Waals surface area contributed by atoms with Crippen molar-refractivity contribution in [2.24, 2.45) is 5.92 Å². The number of amides is 1. The molecule has 0 bridgehead atoms. The van der Waals surface area contributed by atoms with Gasteiger partial charge in [0.1, 0.15) is 4.60 Å². The summed E-state index contributed by atoms with van der Waals surface area (Å²) in [6.07, 6.45) is 6.36. The number of pyridine rings is 1. The fraction of sp³-hybridized carbons (Fsp3) is 0.538. The SMILES string of the molecule is CCC(CC1CC1)NC(=O)c1ccc(Br)nc1. The molecule has 17 heavy (non-hydrogen) atoms. The highest BCUT2D eigenvalue weighted by molar-refractivity contribution is 9.10. The Morgan fingerprint density at radius 2 is 2.35 bits per heavy atom. The Bertz CT molecular complexity index is 387. The van der Waals surface area contributed by atoms with Crippen molar-refractivity contribution < 1.29 is 4.79 Å². The van der Waals surface area contributed by atoms with Gasteiger partial charge in [0, 0.05) is 12.2 Å². The molecule has 1 saturated carbocycles. The van der Waals surface area contributed by atoms with Crippen LogP contribution in [0.15, 0.2) is 22.9 Å². The fourth-order valence-electron chi connectivity index (χ4n) is 1.86. The third-order valence-electron chi connectivity index (χ3n) is 3.13. The second-order valence-corrected chi connectivity index (χ2v) is 5.44. The van der Waals surface area contributed by atoms with Crippen molar-refractivity contribution in [3.63, 3.8) is 0 Å². The van der Waals surface area contributed by atoms with E-state index in [9.17, 15) is 4.79 Å². The largest absolute Gasteiger partial charge is 0.349 e. The number of carbonyl (C=O) groups is 1. The normalized spacial score (nSPS) is 16.6. The Labute approximate surface area is 110 Å². The van der Waals surface area contributed by atoms with Crippen molar-refractivity contribution in [1.29, 1.82) is 0 Å². The lowest BCUT2D eigenvalue weighted by Crippen LogP contribution is -2.34. The molecule has 1 fully saturated rings. The van der Waals surface area contributed by atoms with Crippen LogP contribution in [0, 0.1) is 5.92 Å². The van der Waals surface area contributed by atoms with Gasteiger partial charge in [-0.2, -0.15) is 0 Å². The van der Waals surface area contributed by atoms with Crippen LogP contribution in [0.2, 0.25) is 0 Å². The van der Waals surface area contributed by atoms with Gasteiger partial charge in [0.15, 0.2) is 0 Å². The van der Waals surface area contributed by atoms with Crippen molar-refractivity contribution >= 4 is 21.8 Å². The Balaban J connectivity index is 1.92. The topological polar surface area (TPSA) is 42.0 Å². The van der Waals surface area contributed by atoms with Crippen molar-refractivity contribution in [3.05, 3.63) is 28.5 Å². The van der Waals surface area contributed by atoms with E-state index in [0.717, 1.165) is 23.4 Å². The molecule has 3 nitrogen and oxygen atoms in total. The van der Waals surface area contributed by atoms with Gasteiger partial charge in [0.05, 0.1) is 5.56 Å². The zero-order valence-corrected chi connectivity index (χ0v) is 11.5. The zero-order chi connectivity index (χ0) is 12.3. The van der Waals surface area contributed by atoms with Crippen LogP contribution in [0.4, 0.5) is 0 Å². The molecular formula is C13H17BrN2O. The lowest BCUT2D eigenvalue weighted by molar-refractivity contribution is 0.0932. The molecule has 1 atom stereocenters. The first-order valence-electron chi connectivity index (χ1n) is 6.11. The predicted molar refractivity (Wildman–Crippen MR) is 70.8 cm³/mol. The first-order valence-corrected chi connectivity index (χ1v) is 6.90. The predicted octanol–water partition coefficient (Wildman–Crippen LogP) is 3.15. The lowest BCUT2D eigenvalue weighted by atomic mass is 10.1. The molecule has 0 saturated heterocycles. The van der Waals surface area contributed by atoms with E-state index in [1.165, 1.54) is 12.8 Å². The van der Waals surface area contributed by atoms with Gasteiger partial charge in [-0.15, -0.1) is 0 Å². The molecular weight excluding hydrogens is 280 g/mol. The summed E-state index contributed by atoms with van der Waals surface area (Å²) in [6, 6.07) is 3.88.